The molecule has 0 atom stereocenters. The van der Waals surface area contributed by atoms with Crippen molar-refractivity contribution in [2.24, 2.45) is 0 Å². The zero-order valence-corrected chi connectivity index (χ0v) is 15.7. The molecular weight excluding hydrogens is 358 g/mol. The van der Waals surface area contributed by atoms with Gasteiger partial charge in [-0.15, -0.1) is 0 Å². The van der Waals surface area contributed by atoms with Crippen molar-refractivity contribution in [2.75, 3.05) is 26.5 Å². The fourth-order valence-electron chi connectivity index (χ4n) is 3.32. The SMILES string of the molecule is Cc1[nH]c2ccccc2c1CCNC(=O)NCCOc1ccc2c(c1)OCO2. The van der Waals surface area contributed by atoms with Gasteiger partial charge in [0.25, 0.3) is 0 Å². The normalized spacial score (nSPS) is 12.2. The van der Waals surface area contributed by atoms with Crippen LogP contribution in [-0.4, -0.2) is 37.5 Å². The second-order valence-electron chi connectivity index (χ2n) is 6.57. The van der Waals surface area contributed by atoms with E-state index < -0.39 is 0 Å². The zero-order valence-electron chi connectivity index (χ0n) is 15.7. The predicted molar refractivity (Wildman–Crippen MR) is 106 cm³/mol. The molecule has 1 aromatic heterocycles. The number of amides is 2. The summed E-state index contributed by atoms with van der Waals surface area (Å²) < 4.78 is 16.2. The Hall–Kier alpha value is -3.35. The Morgan fingerprint density at radius 3 is 2.86 bits per heavy atom. The third-order valence-corrected chi connectivity index (χ3v) is 4.69. The Kier molecular flexibility index (Phi) is 5.23. The summed E-state index contributed by atoms with van der Waals surface area (Å²) in [5.74, 6) is 2.08. The van der Waals surface area contributed by atoms with Crippen molar-refractivity contribution in [1.29, 1.82) is 0 Å². The molecule has 4 rings (SSSR count). The molecule has 1 aliphatic rings. The van der Waals surface area contributed by atoms with Gasteiger partial charge in [0.1, 0.15) is 12.4 Å². The number of hydrogen-bond acceptors (Lipinski definition) is 4. The summed E-state index contributed by atoms with van der Waals surface area (Å²) in [7, 11) is 0. The number of carbonyl (C=O) groups is 1. The average Bonchev–Trinajstić information content (AvgIpc) is 3.29. The minimum absolute atomic E-state index is 0.202. The molecule has 28 heavy (non-hydrogen) atoms. The lowest BCUT2D eigenvalue weighted by molar-refractivity contribution is 0.173. The van der Waals surface area contributed by atoms with Gasteiger partial charge in [0.15, 0.2) is 11.5 Å². The molecule has 3 aromatic rings. The van der Waals surface area contributed by atoms with Crippen molar-refractivity contribution < 1.29 is 19.0 Å². The summed E-state index contributed by atoms with van der Waals surface area (Å²) in [5.41, 5.74) is 3.50. The molecule has 0 fully saturated rings. The van der Waals surface area contributed by atoms with Crippen LogP contribution in [0.3, 0.4) is 0 Å². The molecule has 7 nitrogen and oxygen atoms in total. The third kappa shape index (κ3) is 3.98. The predicted octanol–water partition coefficient (Wildman–Crippen LogP) is 3.13. The van der Waals surface area contributed by atoms with E-state index in [0.717, 1.165) is 23.4 Å². The summed E-state index contributed by atoms with van der Waals surface area (Å²) in [6, 6.07) is 13.4. The van der Waals surface area contributed by atoms with Gasteiger partial charge in [-0.25, -0.2) is 4.79 Å². The highest BCUT2D eigenvalue weighted by atomic mass is 16.7. The van der Waals surface area contributed by atoms with E-state index in [1.807, 2.05) is 24.3 Å². The second-order valence-corrected chi connectivity index (χ2v) is 6.57. The van der Waals surface area contributed by atoms with Crippen LogP contribution in [-0.2, 0) is 6.42 Å². The Balaban J connectivity index is 1.17. The number of hydrogen-bond donors (Lipinski definition) is 3. The molecule has 146 valence electrons. The smallest absolute Gasteiger partial charge is 0.314 e. The first-order valence-electron chi connectivity index (χ1n) is 9.31. The van der Waals surface area contributed by atoms with E-state index in [9.17, 15) is 4.79 Å². The Bertz CT molecular complexity index is 983. The highest BCUT2D eigenvalue weighted by molar-refractivity contribution is 5.84. The monoisotopic (exact) mass is 381 g/mol. The number of fused-ring (bicyclic) bond motifs is 2. The molecule has 0 bridgehead atoms. The summed E-state index contributed by atoms with van der Waals surface area (Å²) in [6.07, 6.45) is 0.775. The van der Waals surface area contributed by atoms with Crippen molar-refractivity contribution in [3.05, 3.63) is 53.7 Å². The Morgan fingerprint density at radius 1 is 1.11 bits per heavy atom. The molecule has 3 N–H and O–H groups in total. The lowest BCUT2D eigenvalue weighted by Crippen LogP contribution is -2.38. The molecule has 0 saturated carbocycles. The van der Waals surface area contributed by atoms with Crippen LogP contribution in [0.5, 0.6) is 17.2 Å². The van der Waals surface area contributed by atoms with Crippen LogP contribution in [0.1, 0.15) is 11.3 Å². The van der Waals surface area contributed by atoms with Gasteiger partial charge in [-0.2, -0.15) is 0 Å². The molecule has 2 amide bonds. The van der Waals surface area contributed by atoms with Crippen LogP contribution in [0.4, 0.5) is 4.79 Å². The van der Waals surface area contributed by atoms with Crippen LogP contribution in [0.2, 0.25) is 0 Å². The van der Waals surface area contributed by atoms with Crippen LogP contribution in [0, 0.1) is 6.92 Å². The number of ether oxygens (including phenoxy) is 3. The Labute approximate surface area is 163 Å². The van der Waals surface area contributed by atoms with E-state index >= 15 is 0 Å². The molecule has 0 radical (unpaired) electrons. The number of aromatic nitrogens is 1. The van der Waals surface area contributed by atoms with Gasteiger partial charge in [-0.05, 0) is 37.1 Å². The van der Waals surface area contributed by atoms with Gasteiger partial charge in [0.2, 0.25) is 6.79 Å². The number of H-pyrrole nitrogens is 1. The van der Waals surface area contributed by atoms with Crippen molar-refractivity contribution in [3.63, 3.8) is 0 Å². The molecule has 2 heterocycles. The largest absolute Gasteiger partial charge is 0.492 e. The van der Waals surface area contributed by atoms with Gasteiger partial charge < -0.3 is 29.8 Å². The number of rotatable bonds is 7. The highest BCUT2D eigenvalue weighted by Gasteiger charge is 2.13. The van der Waals surface area contributed by atoms with Crippen molar-refractivity contribution in [3.8, 4) is 17.2 Å². The van der Waals surface area contributed by atoms with Gasteiger partial charge >= 0.3 is 6.03 Å². The molecular formula is C21H23N3O4. The summed E-state index contributed by atoms with van der Waals surface area (Å²) in [5, 5.41) is 6.90. The van der Waals surface area contributed by atoms with Crippen LogP contribution in [0.25, 0.3) is 10.9 Å². The number of carbonyl (C=O) groups excluding carboxylic acids is 1. The maximum atomic E-state index is 12.0. The van der Waals surface area contributed by atoms with Crippen LogP contribution >= 0.6 is 0 Å². The van der Waals surface area contributed by atoms with E-state index in [1.54, 1.807) is 6.07 Å². The van der Waals surface area contributed by atoms with E-state index in [-0.39, 0.29) is 12.8 Å². The first kappa shape index (κ1) is 18.0. The van der Waals surface area contributed by atoms with Crippen molar-refractivity contribution in [2.45, 2.75) is 13.3 Å². The highest BCUT2D eigenvalue weighted by Crippen LogP contribution is 2.34. The van der Waals surface area contributed by atoms with E-state index in [2.05, 4.69) is 34.7 Å². The standard InChI is InChI=1S/C21H23N3O4/c1-14-16(17-4-2-3-5-18(17)24-14)8-9-22-21(25)23-10-11-26-15-6-7-19-20(12-15)28-13-27-19/h2-7,12,24H,8-11,13H2,1H3,(H2,22,23,25). The van der Waals surface area contributed by atoms with E-state index in [4.69, 9.17) is 14.2 Å². The lowest BCUT2D eigenvalue weighted by atomic mass is 10.1. The number of para-hydroxylation sites is 1. The van der Waals surface area contributed by atoms with Crippen LogP contribution < -0.4 is 24.8 Å². The van der Waals surface area contributed by atoms with Gasteiger partial charge in [0, 0.05) is 29.2 Å². The molecule has 7 heteroatoms. The number of urea groups is 1. The number of benzene rings is 2. The number of aromatic amines is 1. The number of nitrogens with one attached hydrogen (secondary N) is 3. The first-order chi connectivity index (χ1) is 13.7. The third-order valence-electron chi connectivity index (χ3n) is 4.69. The van der Waals surface area contributed by atoms with E-state index in [1.165, 1.54) is 10.9 Å². The molecule has 1 aliphatic heterocycles. The second kappa shape index (κ2) is 8.12. The van der Waals surface area contributed by atoms with Gasteiger partial charge in [0.05, 0.1) is 6.54 Å². The zero-order chi connectivity index (χ0) is 19.3. The summed E-state index contributed by atoms with van der Waals surface area (Å²) in [6.45, 7) is 3.64. The maximum Gasteiger partial charge on any atom is 0.314 e. The Morgan fingerprint density at radius 2 is 1.93 bits per heavy atom. The van der Waals surface area contributed by atoms with Gasteiger partial charge in [-0.1, -0.05) is 18.2 Å². The minimum Gasteiger partial charge on any atom is -0.492 e. The fraction of sp³-hybridized carbons (Fsp3) is 0.286. The average molecular weight is 381 g/mol. The number of aryl methyl sites for hydroxylation is 1. The first-order valence-corrected chi connectivity index (χ1v) is 9.31. The molecule has 0 spiro atoms. The summed E-state index contributed by atoms with van der Waals surface area (Å²) in [4.78, 5) is 15.3. The molecule has 0 aliphatic carbocycles. The topological polar surface area (TPSA) is 84.6 Å². The van der Waals surface area contributed by atoms with Crippen molar-refractivity contribution in [1.82, 2.24) is 15.6 Å². The van der Waals surface area contributed by atoms with Gasteiger partial charge in [-0.3, -0.25) is 0 Å². The van der Waals surface area contributed by atoms with E-state index in [0.29, 0.717) is 31.2 Å². The molecule has 2 aromatic carbocycles. The molecule has 0 unspecified atom stereocenters. The fourth-order valence-corrected chi connectivity index (χ4v) is 3.32. The maximum absolute atomic E-state index is 12.0. The molecule has 0 saturated heterocycles. The quantitative estimate of drug-likeness (QED) is 0.549. The van der Waals surface area contributed by atoms with Crippen LogP contribution in [0.15, 0.2) is 42.5 Å². The lowest BCUT2D eigenvalue weighted by Gasteiger charge is -2.09. The van der Waals surface area contributed by atoms with Crippen molar-refractivity contribution >= 4 is 16.9 Å². The summed E-state index contributed by atoms with van der Waals surface area (Å²) >= 11 is 0. The minimum atomic E-state index is -0.202.